The van der Waals surface area contributed by atoms with Gasteiger partial charge in [0.05, 0.1) is 12.7 Å². The summed E-state index contributed by atoms with van der Waals surface area (Å²) in [4.78, 5) is 12.4. The molecule has 2 aromatic rings. The largest absolute Gasteiger partial charge is 0.496 e. The number of rotatable bonds is 5. The maximum absolute atomic E-state index is 13.3. The van der Waals surface area contributed by atoms with Gasteiger partial charge in [0.2, 0.25) is 5.78 Å². The number of carbonyl (C=O) groups is 1. The van der Waals surface area contributed by atoms with Crippen LogP contribution in [0.3, 0.4) is 0 Å². The molecule has 21 heavy (non-hydrogen) atoms. The van der Waals surface area contributed by atoms with Crippen LogP contribution >= 0.6 is 11.6 Å². The summed E-state index contributed by atoms with van der Waals surface area (Å²) in [5, 5.41) is 0.510. The van der Waals surface area contributed by atoms with Crippen molar-refractivity contribution < 1.29 is 18.7 Å². The van der Waals surface area contributed by atoms with Gasteiger partial charge < -0.3 is 9.47 Å². The van der Waals surface area contributed by atoms with Crippen LogP contribution in [0.25, 0.3) is 0 Å². The van der Waals surface area contributed by atoms with E-state index in [0.717, 1.165) is 6.07 Å². The second kappa shape index (κ2) is 6.59. The average molecular weight is 309 g/mol. The van der Waals surface area contributed by atoms with E-state index in [1.807, 2.05) is 0 Å². The quantitative estimate of drug-likeness (QED) is 0.779. The molecule has 3 nitrogen and oxygen atoms in total. The lowest BCUT2D eigenvalue weighted by Gasteiger charge is -2.15. The highest BCUT2D eigenvalue weighted by Crippen LogP contribution is 2.23. The summed E-state index contributed by atoms with van der Waals surface area (Å²) in [6.45, 7) is 1.59. The summed E-state index contributed by atoms with van der Waals surface area (Å²) in [6, 6.07) is 10.5. The Morgan fingerprint density at radius 1 is 1.24 bits per heavy atom. The highest BCUT2D eigenvalue weighted by atomic mass is 35.5. The Kier molecular flexibility index (Phi) is 4.81. The molecule has 0 spiro atoms. The zero-order valence-electron chi connectivity index (χ0n) is 11.6. The molecule has 0 heterocycles. The van der Waals surface area contributed by atoms with Crippen molar-refractivity contribution in [3.8, 4) is 11.5 Å². The Balaban J connectivity index is 2.21. The summed E-state index contributed by atoms with van der Waals surface area (Å²) in [5.74, 6) is -0.0953. The van der Waals surface area contributed by atoms with Gasteiger partial charge in [-0.25, -0.2) is 4.39 Å². The Morgan fingerprint density at radius 2 is 2.00 bits per heavy atom. The Morgan fingerprint density at radius 3 is 2.67 bits per heavy atom. The molecule has 2 rings (SSSR count). The molecule has 0 aromatic heterocycles. The molecule has 110 valence electrons. The van der Waals surface area contributed by atoms with Gasteiger partial charge in [0.25, 0.3) is 0 Å². The van der Waals surface area contributed by atoms with Gasteiger partial charge in [0.1, 0.15) is 17.3 Å². The molecule has 0 N–H and O–H groups in total. The first-order chi connectivity index (χ1) is 10.0. The summed E-state index contributed by atoms with van der Waals surface area (Å²) in [7, 11) is 1.42. The monoisotopic (exact) mass is 308 g/mol. The fraction of sp³-hybridized carbons (Fsp3) is 0.188. The van der Waals surface area contributed by atoms with Crippen LogP contribution in [0.4, 0.5) is 4.39 Å². The zero-order chi connectivity index (χ0) is 15.4. The summed E-state index contributed by atoms with van der Waals surface area (Å²) in [5.41, 5.74) is 0.145. The molecule has 0 aliphatic heterocycles. The minimum atomic E-state index is -0.792. The number of hydrogen-bond acceptors (Lipinski definition) is 3. The third kappa shape index (κ3) is 3.73. The number of hydrogen-bond donors (Lipinski definition) is 0. The lowest BCUT2D eigenvalue weighted by atomic mass is 10.1. The van der Waals surface area contributed by atoms with Crippen LogP contribution in [0.5, 0.6) is 11.5 Å². The number of methoxy groups -OCH3 is 1. The average Bonchev–Trinajstić information content (AvgIpc) is 2.46. The van der Waals surface area contributed by atoms with Gasteiger partial charge >= 0.3 is 0 Å². The fourth-order valence-corrected chi connectivity index (χ4v) is 2.07. The third-order valence-electron chi connectivity index (χ3n) is 2.91. The molecule has 0 bridgehead atoms. The lowest BCUT2D eigenvalue weighted by molar-refractivity contribution is 0.0814. The smallest absolute Gasteiger partial charge is 0.206 e. The van der Waals surface area contributed by atoms with Crippen LogP contribution in [0.2, 0.25) is 5.02 Å². The summed E-state index contributed by atoms with van der Waals surface area (Å²) >= 11 is 5.86. The fourth-order valence-electron chi connectivity index (χ4n) is 1.89. The van der Waals surface area contributed by atoms with E-state index in [-0.39, 0.29) is 11.3 Å². The lowest BCUT2D eigenvalue weighted by Crippen LogP contribution is -2.24. The molecule has 0 aliphatic rings. The topological polar surface area (TPSA) is 35.5 Å². The molecule has 0 fully saturated rings. The minimum absolute atomic E-state index is 0.145. The van der Waals surface area contributed by atoms with E-state index in [1.54, 1.807) is 31.2 Å². The molecule has 5 heteroatoms. The number of halogens is 2. The molecule has 1 unspecified atom stereocenters. The predicted molar refractivity (Wildman–Crippen MR) is 78.8 cm³/mol. The molecular weight excluding hydrogens is 295 g/mol. The van der Waals surface area contributed by atoms with Crippen LogP contribution in [0.1, 0.15) is 17.3 Å². The van der Waals surface area contributed by atoms with Crippen LogP contribution in [-0.2, 0) is 0 Å². The number of carbonyl (C=O) groups excluding carboxylic acids is 1. The molecule has 0 amide bonds. The van der Waals surface area contributed by atoms with Gasteiger partial charge in [-0.1, -0.05) is 17.7 Å². The Labute approximate surface area is 127 Å². The van der Waals surface area contributed by atoms with E-state index in [0.29, 0.717) is 16.5 Å². The summed E-state index contributed by atoms with van der Waals surface area (Å²) in [6.07, 6.45) is -0.792. The van der Waals surface area contributed by atoms with Crippen molar-refractivity contribution in [3.05, 3.63) is 58.9 Å². The van der Waals surface area contributed by atoms with Crippen molar-refractivity contribution in [1.29, 1.82) is 0 Å². The highest BCUT2D eigenvalue weighted by molar-refractivity contribution is 6.30. The third-order valence-corrected chi connectivity index (χ3v) is 3.14. The molecule has 0 aliphatic carbocycles. The standard InChI is InChI=1S/C16H14ClFO3/c1-10(21-13-5-3-4-11(17)8-13)16(19)14-9-12(18)6-7-15(14)20-2/h3-10H,1-2H3. The Bertz CT molecular complexity index is 658. The number of Topliss-reactive ketones (excluding diaryl/α,β-unsaturated/α-hetero) is 1. The van der Waals surface area contributed by atoms with Crippen molar-refractivity contribution in [2.45, 2.75) is 13.0 Å². The van der Waals surface area contributed by atoms with E-state index >= 15 is 0 Å². The zero-order valence-corrected chi connectivity index (χ0v) is 12.4. The second-order valence-corrected chi connectivity index (χ2v) is 4.86. The molecular formula is C16H14ClFO3. The maximum Gasteiger partial charge on any atom is 0.206 e. The Hall–Kier alpha value is -2.07. The first-order valence-electron chi connectivity index (χ1n) is 6.31. The van der Waals surface area contributed by atoms with Gasteiger partial charge in [-0.05, 0) is 43.3 Å². The van der Waals surface area contributed by atoms with Gasteiger partial charge in [-0.3, -0.25) is 4.79 Å². The minimum Gasteiger partial charge on any atom is -0.496 e. The maximum atomic E-state index is 13.3. The molecule has 0 saturated carbocycles. The van der Waals surface area contributed by atoms with Crippen LogP contribution < -0.4 is 9.47 Å². The van der Waals surface area contributed by atoms with E-state index in [9.17, 15) is 9.18 Å². The molecule has 1 atom stereocenters. The van der Waals surface area contributed by atoms with Crippen molar-refractivity contribution in [1.82, 2.24) is 0 Å². The van der Waals surface area contributed by atoms with Crippen LogP contribution in [0, 0.1) is 5.82 Å². The normalized spacial score (nSPS) is 11.8. The second-order valence-electron chi connectivity index (χ2n) is 4.43. The summed E-state index contributed by atoms with van der Waals surface area (Å²) < 4.78 is 23.9. The first-order valence-corrected chi connectivity index (χ1v) is 6.69. The van der Waals surface area contributed by atoms with Gasteiger partial charge in [-0.15, -0.1) is 0 Å². The van der Waals surface area contributed by atoms with Crippen LogP contribution in [-0.4, -0.2) is 19.0 Å². The van der Waals surface area contributed by atoms with Crippen LogP contribution in [0.15, 0.2) is 42.5 Å². The van der Waals surface area contributed by atoms with Gasteiger partial charge in [0.15, 0.2) is 6.10 Å². The predicted octanol–water partition coefficient (Wildman–Crippen LogP) is 4.14. The van der Waals surface area contributed by atoms with Crippen molar-refractivity contribution in [3.63, 3.8) is 0 Å². The highest BCUT2D eigenvalue weighted by Gasteiger charge is 2.21. The number of benzene rings is 2. The van der Waals surface area contributed by atoms with E-state index in [4.69, 9.17) is 21.1 Å². The van der Waals surface area contributed by atoms with E-state index in [2.05, 4.69) is 0 Å². The number of ketones is 1. The molecule has 2 aromatic carbocycles. The van der Waals surface area contributed by atoms with Crippen molar-refractivity contribution >= 4 is 17.4 Å². The van der Waals surface area contributed by atoms with E-state index in [1.165, 1.54) is 19.2 Å². The van der Waals surface area contributed by atoms with Crippen molar-refractivity contribution in [2.75, 3.05) is 7.11 Å². The van der Waals surface area contributed by atoms with Gasteiger partial charge in [0, 0.05) is 5.02 Å². The molecule has 0 radical (unpaired) electrons. The first kappa shape index (κ1) is 15.3. The van der Waals surface area contributed by atoms with E-state index < -0.39 is 11.9 Å². The van der Waals surface area contributed by atoms with Gasteiger partial charge in [-0.2, -0.15) is 0 Å². The number of ether oxygens (including phenoxy) is 2. The van der Waals surface area contributed by atoms with Crippen molar-refractivity contribution in [2.24, 2.45) is 0 Å². The SMILES string of the molecule is COc1ccc(F)cc1C(=O)C(C)Oc1cccc(Cl)c1. The molecule has 0 saturated heterocycles.